The van der Waals surface area contributed by atoms with Gasteiger partial charge in [0, 0.05) is 13.0 Å². The van der Waals surface area contributed by atoms with Gasteiger partial charge in [0.15, 0.2) is 0 Å². The fourth-order valence-corrected chi connectivity index (χ4v) is 3.03. The minimum absolute atomic E-state index is 0.0709. The first-order chi connectivity index (χ1) is 11.7. The Kier molecular flexibility index (Phi) is 7.57. The molecule has 2 atom stereocenters. The number of benzene rings is 1. The van der Waals surface area contributed by atoms with Crippen molar-refractivity contribution < 1.29 is 14.6 Å². The average Bonchev–Trinajstić information content (AvgIpc) is 2.60. The van der Waals surface area contributed by atoms with E-state index in [9.17, 15) is 9.90 Å². The Morgan fingerprint density at radius 3 is 3.04 bits per heavy atom. The first-order valence-corrected chi connectivity index (χ1v) is 8.75. The number of nitrogens with zero attached hydrogens (tertiary/aromatic N) is 1. The van der Waals surface area contributed by atoms with E-state index in [1.807, 2.05) is 6.07 Å². The van der Waals surface area contributed by atoms with Crippen molar-refractivity contribution in [1.29, 1.82) is 5.26 Å². The minimum atomic E-state index is -0.197. The van der Waals surface area contributed by atoms with Crippen molar-refractivity contribution in [2.75, 3.05) is 13.2 Å². The summed E-state index contributed by atoms with van der Waals surface area (Å²) in [4.78, 5) is 11.8. The van der Waals surface area contributed by atoms with Crippen molar-refractivity contribution in [2.45, 2.75) is 51.0 Å². The predicted molar refractivity (Wildman–Crippen MR) is 91.5 cm³/mol. The molecule has 0 heterocycles. The molecule has 0 aromatic heterocycles. The molecular formula is C19H26N2O3. The highest BCUT2D eigenvalue weighted by molar-refractivity contribution is 5.75. The van der Waals surface area contributed by atoms with E-state index in [1.165, 1.54) is 0 Å². The summed E-state index contributed by atoms with van der Waals surface area (Å²) >= 11 is 0. The highest BCUT2D eigenvalue weighted by Gasteiger charge is 2.20. The van der Waals surface area contributed by atoms with Gasteiger partial charge in [-0.15, -0.1) is 0 Å². The molecule has 2 N–H and O–H groups in total. The summed E-state index contributed by atoms with van der Waals surface area (Å²) in [5, 5.41) is 21.4. The second-order valence-corrected chi connectivity index (χ2v) is 6.44. The largest absolute Gasteiger partial charge is 0.494 e. The van der Waals surface area contributed by atoms with Gasteiger partial charge in [0.2, 0.25) is 5.91 Å². The van der Waals surface area contributed by atoms with Gasteiger partial charge in [0.25, 0.3) is 0 Å². The van der Waals surface area contributed by atoms with Crippen LogP contribution in [0.1, 0.15) is 50.5 Å². The molecule has 2 unspecified atom stereocenters. The van der Waals surface area contributed by atoms with Crippen molar-refractivity contribution >= 4 is 5.91 Å². The maximum absolute atomic E-state index is 11.8. The van der Waals surface area contributed by atoms with Gasteiger partial charge >= 0.3 is 0 Å². The molecule has 130 valence electrons. The smallest absolute Gasteiger partial charge is 0.220 e. The monoisotopic (exact) mass is 330 g/mol. The number of hydrogen-bond acceptors (Lipinski definition) is 4. The summed E-state index contributed by atoms with van der Waals surface area (Å²) in [6.45, 7) is 1.21. The molecule has 24 heavy (non-hydrogen) atoms. The maximum Gasteiger partial charge on any atom is 0.220 e. The van der Waals surface area contributed by atoms with E-state index >= 15 is 0 Å². The van der Waals surface area contributed by atoms with Crippen LogP contribution in [0.2, 0.25) is 0 Å². The number of amides is 1. The number of carbonyl (C=O) groups is 1. The first kappa shape index (κ1) is 18.3. The number of nitrogens with one attached hydrogen (secondary N) is 1. The van der Waals surface area contributed by atoms with Crippen LogP contribution in [-0.2, 0) is 4.79 Å². The van der Waals surface area contributed by atoms with E-state index in [-0.39, 0.29) is 12.0 Å². The minimum Gasteiger partial charge on any atom is -0.494 e. The van der Waals surface area contributed by atoms with E-state index in [0.29, 0.717) is 36.8 Å². The molecule has 5 nitrogen and oxygen atoms in total. The van der Waals surface area contributed by atoms with Crippen LogP contribution < -0.4 is 10.1 Å². The van der Waals surface area contributed by atoms with Crippen molar-refractivity contribution in [3.63, 3.8) is 0 Å². The molecule has 1 aliphatic rings. The van der Waals surface area contributed by atoms with Gasteiger partial charge in [-0.1, -0.05) is 12.5 Å². The second-order valence-electron chi connectivity index (χ2n) is 6.44. The zero-order valence-electron chi connectivity index (χ0n) is 14.0. The zero-order valence-corrected chi connectivity index (χ0v) is 14.0. The molecule has 2 rings (SSSR count). The van der Waals surface area contributed by atoms with E-state index in [2.05, 4.69) is 11.4 Å². The number of aliphatic hydroxyl groups excluding tert-OH is 1. The molecule has 0 saturated heterocycles. The highest BCUT2D eigenvalue weighted by atomic mass is 16.5. The number of nitriles is 1. The van der Waals surface area contributed by atoms with Crippen LogP contribution >= 0.6 is 0 Å². The number of aliphatic hydroxyl groups is 1. The number of rotatable bonds is 8. The lowest BCUT2D eigenvalue weighted by Crippen LogP contribution is -2.32. The lowest BCUT2D eigenvalue weighted by Gasteiger charge is -2.25. The molecule has 1 amide bonds. The Morgan fingerprint density at radius 2 is 2.25 bits per heavy atom. The Bertz CT molecular complexity index is 568. The van der Waals surface area contributed by atoms with E-state index in [4.69, 9.17) is 10.00 Å². The molecular weight excluding hydrogens is 304 g/mol. The van der Waals surface area contributed by atoms with Crippen molar-refractivity contribution in [1.82, 2.24) is 5.32 Å². The molecule has 1 aromatic rings. The van der Waals surface area contributed by atoms with Crippen LogP contribution in [0.15, 0.2) is 24.3 Å². The summed E-state index contributed by atoms with van der Waals surface area (Å²) in [5.74, 6) is 1.17. The predicted octanol–water partition coefficient (Wildman–Crippen LogP) is 2.77. The highest BCUT2D eigenvalue weighted by Crippen LogP contribution is 2.23. The Balaban J connectivity index is 1.53. The van der Waals surface area contributed by atoms with Crippen LogP contribution in [0.25, 0.3) is 0 Å². The summed E-state index contributed by atoms with van der Waals surface area (Å²) in [6.07, 6.45) is 5.70. The fraction of sp³-hybridized carbons (Fsp3) is 0.579. The SMILES string of the molecule is N#Cc1cccc(OCCCCC(=O)NCC2CCCC(O)C2)c1. The summed E-state index contributed by atoms with van der Waals surface area (Å²) < 4.78 is 5.59. The third kappa shape index (κ3) is 6.59. The number of hydrogen-bond donors (Lipinski definition) is 2. The quantitative estimate of drug-likeness (QED) is 0.718. The number of carbonyl (C=O) groups excluding carboxylic acids is 1. The molecule has 1 aliphatic carbocycles. The molecule has 1 aromatic carbocycles. The van der Waals surface area contributed by atoms with E-state index in [1.54, 1.807) is 18.2 Å². The second kappa shape index (κ2) is 9.94. The third-order valence-electron chi connectivity index (χ3n) is 4.37. The van der Waals surface area contributed by atoms with Gasteiger partial charge in [-0.3, -0.25) is 4.79 Å². The van der Waals surface area contributed by atoms with E-state index < -0.39 is 0 Å². The van der Waals surface area contributed by atoms with Gasteiger partial charge < -0.3 is 15.2 Å². The molecule has 0 radical (unpaired) electrons. The van der Waals surface area contributed by atoms with Crippen molar-refractivity contribution in [3.05, 3.63) is 29.8 Å². The van der Waals surface area contributed by atoms with Crippen LogP contribution in [0.4, 0.5) is 0 Å². The van der Waals surface area contributed by atoms with Crippen LogP contribution in [0.3, 0.4) is 0 Å². The van der Waals surface area contributed by atoms with Crippen LogP contribution in [-0.4, -0.2) is 30.3 Å². The number of unbranched alkanes of at least 4 members (excludes halogenated alkanes) is 1. The summed E-state index contributed by atoms with van der Waals surface area (Å²) in [5.41, 5.74) is 0.583. The maximum atomic E-state index is 11.8. The van der Waals surface area contributed by atoms with Gasteiger partial charge in [0.05, 0.1) is 24.3 Å². The summed E-state index contributed by atoms with van der Waals surface area (Å²) in [7, 11) is 0. The molecule has 5 heteroatoms. The molecule has 0 spiro atoms. The number of ether oxygens (including phenoxy) is 1. The van der Waals surface area contributed by atoms with Crippen molar-refractivity contribution in [2.24, 2.45) is 5.92 Å². The fourth-order valence-electron chi connectivity index (χ4n) is 3.03. The lowest BCUT2D eigenvalue weighted by atomic mass is 9.87. The molecule has 0 bridgehead atoms. The van der Waals surface area contributed by atoms with Gasteiger partial charge in [-0.2, -0.15) is 5.26 Å². The Hall–Kier alpha value is -2.06. The normalized spacial score (nSPS) is 20.2. The lowest BCUT2D eigenvalue weighted by molar-refractivity contribution is -0.121. The van der Waals surface area contributed by atoms with Crippen LogP contribution in [0, 0.1) is 17.2 Å². The van der Waals surface area contributed by atoms with Crippen LogP contribution in [0.5, 0.6) is 5.75 Å². The van der Waals surface area contributed by atoms with E-state index in [0.717, 1.165) is 38.5 Å². The van der Waals surface area contributed by atoms with Gasteiger partial charge in [-0.05, 0) is 56.2 Å². The Morgan fingerprint density at radius 1 is 1.38 bits per heavy atom. The average molecular weight is 330 g/mol. The van der Waals surface area contributed by atoms with Gasteiger partial charge in [-0.25, -0.2) is 0 Å². The third-order valence-corrected chi connectivity index (χ3v) is 4.37. The molecule has 1 saturated carbocycles. The molecule has 1 fully saturated rings. The molecule has 0 aliphatic heterocycles. The standard InChI is InChI=1S/C19H26N2O3/c20-13-15-5-4-8-18(12-15)24-10-2-1-9-19(23)21-14-16-6-3-7-17(22)11-16/h4-5,8,12,16-17,22H,1-3,6-7,9-11,14H2,(H,21,23). The Labute approximate surface area is 143 Å². The van der Waals surface area contributed by atoms with Crippen molar-refractivity contribution in [3.8, 4) is 11.8 Å². The zero-order chi connectivity index (χ0) is 17.2. The summed E-state index contributed by atoms with van der Waals surface area (Å²) in [6, 6.07) is 9.15. The first-order valence-electron chi connectivity index (χ1n) is 8.75. The topological polar surface area (TPSA) is 82.3 Å². The van der Waals surface area contributed by atoms with Gasteiger partial charge in [0.1, 0.15) is 5.75 Å².